The molecule has 2 aliphatic heterocycles. The fraction of sp³-hybridized carbons (Fsp3) is 0.409. The summed E-state index contributed by atoms with van der Waals surface area (Å²) in [5.41, 5.74) is 2.97. The molecular weight excluding hydrogens is 398 g/mol. The molecule has 2 fully saturated rings. The predicted molar refractivity (Wildman–Crippen MR) is 110 cm³/mol. The number of aryl methyl sites for hydroxylation is 1. The first-order chi connectivity index (χ1) is 13.4. The van der Waals surface area contributed by atoms with E-state index in [1.54, 1.807) is 12.1 Å². The molecule has 0 radical (unpaired) electrons. The lowest BCUT2D eigenvalue weighted by Gasteiger charge is -2.28. The van der Waals surface area contributed by atoms with Crippen molar-refractivity contribution in [2.75, 3.05) is 26.7 Å². The minimum Gasteiger partial charge on any atom is -0.435 e. The fourth-order valence-electron chi connectivity index (χ4n) is 4.80. The number of alkyl halides is 2. The van der Waals surface area contributed by atoms with Crippen molar-refractivity contribution in [2.24, 2.45) is 11.8 Å². The number of hydrogen-bond donors (Lipinski definition) is 0. The Morgan fingerprint density at radius 1 is 1.10 bits per heavy atom. The summed E-state index contributed by atoms with van der Waals surface area (Å²) in [5, 5.41) is 0. The van der Waals surface area contributed by atoms with E-state index >= 15 is 0 Å². The van der Waals surface area contributed by atoms with Crippen LogP contribution in [0.25, 0.3) is 0 Å². The van der Waals surface area contributed by atoms with Gasteiger partial charge in [-0.25, -0.2) is 0 Å². The van der Waals surface area contributed by atoms with Gasteiger partial charge in [0.2, 0.25) is 0 Å². The summed E-state index contributed by atoms with van der Waals surface area (Å²) >= 11 is 0. The monoisotopic (exact) mass is 422 g/mol. The Bertz CT molecular complexity index is 879. The second-order valence-electron chi connectivity index (χ2n) is 7.78. The van der Waals surface area contributed by atoms with Gasteiger partial charge in [0, 0.05) is 37.2 Å². The molecule has 0 saturated carbocycles. The zero-order chi connectivity index (χ0) is 19.8. The van der Waals surface area contributed by atoms with Crippen LogP contribution in [0.3, 0.4) is 0 Å². The van der Waals surface area contributed by atoms with Crippen LogP contribution in [0.2, 0.25) is 0 Å². The van der Waals surface area contributed by atoms with Gasteiger partial charge in [0.05, 0.1) is 0 Å². The number of carbonyl (C=O) groups is 1. The van der Waals surface area contributed by atoms with Crippen molar-refractivity contribution in [1.29, 1.82) is 0 Å². The van der Waals surface area contributed by atoms with E-state index in [1.807, 2.05) is 11.0 Å². The van der Waals surface area contributed by atoms with Crippen molar-refractivity contribution in [2.45, 2.75) is 19.6 Å². The molecule has 0 spiro atoms. The van der Waals surface area contributed by atoms with Crippen LogP contribution in [0, 0.1) is 18.8 Å². The zero-order valence-corrected chi connectivity index (χ0v) is 17.2. The molecule has 0 N–H and O–H groups in total. The maximum Gasteiger partial charge on any atom is 0.387 e. The smallest absolute Gasteiger partial charge is 0.387 e. The third kappa shape index (κ3) is 4.23. The van der Waals surface area contributed by atoms with Gasteiger partial charge in [0.15, 0.2) is 0 Å². The van der Waals surface area contributed by atoms with Crippen LogP contribution < -0.4 is 4.74 Å². The highest BCUT2D eigenvalue weighted by molar-refractivity contribution is 5.94. The summed E-state index contributed by atoms with van der Waals surface area (Å²) in [6, 6.07) is 14.8. The van der Waals surface area contributed by atoms with Gasteiger partial charge in [-0.05, 0) is 49.2 Å². The van der Waals surface area contributed by atoms with Gasteiger partial charge in [-0.1, -0.05) is 30.3 Å². The van der Waals surface area contributed by atoms with Gasteiger partial charge in [-0.15, -0.1) is 12.4 Å². The molecule has 2 aliphatic rings. The van der Waals surface area contributed by atoms with Crippen LogP contribution in [0.15, 0.2) is 48.5 Å². The average Bonchev–Trinajstić information content (AvgIpc) is 3.18. The summed E-state index contributed by atoms with van der Waals surface area (Å²) in [4.78, 5) is 17.2. The van der Waals surface area contributed by atoms with Gasteiger partial charge < -0.3 is 9.64 Å². The molecule has 2 heterocycles. The molecule has 0 unspecified atom stereocenters. The molecule has 0 aliphatic carbocycles. The van der Waals surface area contributed by atoms with Gasteiger partial charge in [-0.2, -0.15) is 8.78 Å². The first-order valence-electron chi connectivity index (χ1n) is 9.54. The van der Waals surface area contributed by atoms with E-state index in [0.717, 1.165) is 6.54 Å². The summed E-state index contributed by atoms with van der Waals surface area (Å²) in [7, 11) is 2.15. The fourth-order valence-corrected chi connectivity index (χ4v) is 4.80. The number of likely N-dealkylation sites (tertiary alicyclic amines) is 2. The Balaban J connectivity index is 0.00000240. The van der Waals surface area contributed by atoms with Gasteiger partial charge in [0.1, 0.15) is 5.75 Å². The molecule has 4 nitrogen and oxygen atoms in total. The van der Waals surface area contributed by atoms with Crippen molar-refractivity contribution in [1.82, 2.24) is 9.80 Å². The van der Waals surface area contributed by atoms with Crippen LogP contribution in [0.4, 0.5) is 8.78 Å². The number of fused-ring (bicyclic) bond motifs is 1. The summed E-state index contributed by atoms with van der Waals surface area (Å²) in [6.07, 6.45) is 0. The molecule has 4 rings (SSSR count). The van der Waals surface area contributed by atoms with E-state index in [1.165, 1.54) is 23.3 Å². The molecule has 2 saturated heterocycles. The Kier molecular flexibility index (Phi) is 6.44. The maximum absolute atomic E-state index is 13.0. The lowest BCUT2D eigenvalue weighted by Crippen LogP contribution is -2.33. The van der Waals surface area contributed by atoms with Crippen LogP contribution in [-0.4, -0.2) is 49.0 Å². The molecule has 2 aromatic carbocycles. The number of ether oxygens (including phenoxy) is 1. The van der Waals surface area contributed by atoms with Crippen LogP contribution >= 0.6 is 12.4 Å². The van der Waals surface area contributed by atoms with Crippen LogP contribution in [0.5, 0.6) is 5.75 Å². The lowest BCUT2D eigenvalue weighted by molar-refractivity contribution is -0.0499. The Hall–Kier alpha value is -2.18. The number of amides is 1. The van der Waals surface area contributed by atoms with E-state index in [9.17, 15) is 13.6 Å². The van der Waals surface area contributed by atoms with E-state index in [-0.39, 0.29) is 30.1 Å². The predicted octanol–water partition coefficient (Wildman–Crippen LogP) is 4.39. The Labute approximate surface area is 175 Å². The van der Waals surface area contributed by atoms with Crippen molar-refractivity contribution in [3.8, 4) is 5.75 Å². The molecule has 156 valence electrons. The standard InChI is InChI=1S/C22H24F2N2O2.ClH/c1-14-6-3-4-9-18(14)20-19-13-26(12-16(19)11-25(20)2)21(27)15-7-5-8-17(10-15)28-22(23)24;/h3-10,16,19-20,22H,11-13H2,1-2H3;1H/t16-,19+,20-;/m0./s1. The Morgan fingerprint density at radius 2 is 1.86 bits per heavy atom. The Morgan fingerprint density at radius 3 is 2.59 bits per heavy atom. The quantitative estimate of drug-likeness (QED) is 0.732. The zero-order valence-electron chi connectivity index (χ0n) is 16.4. The number of halogens is 3. The minimum absolute atomic E-state index is 0. The number of rotatable bonds is 4. The van der Waals surface area contributed by atoms with Gasteiger partial charge in [0.25, 0.3) is 5.91 Å². The van der Waals surface area contributed by atoms with Crippen molar-refractivity contribution >= 4 is 18.3 Å². The molecule has 2 aromatic rings. The van der Waals surface area contributed by atoms with E-state index < -0.39 is 6.61 Å². The second kappa shape index (κ2) is 8.67. The topological polar surface area (TPSA) is 32.8 Å². The highest BCUT2D eigenvalue weighted by atomic mass is 35.5. The van der Waals surface area contributed by atoms with Gasteiger partial charge in [-0.3, -0.25) is 9.69 Å². The number of benzene rings is 2. The molecule has 1 amide bonds. The molecular formula is C22H25ClF2N2O2. The highest BCUT2D eigenvalue weighted by Gasteiger charge is 2.47. The maximum atomic E-state index is 13.0. The van der Waals surface area contributed by atoms with E-state index in [0.29, 0.717) is 30.5 Å². The number of hydrogen-bond acceptors (Lipinski definition) is 3. The average molecular weight is 423 g/mol. The van der Waals surface area contributed by atoms with E-state index in [2.05, 4.69) is 41.8 Å². The van der Waals surface area contributed by atoms with Crippen LogP contribution in [0.1, 0.15) is 27.5 Å². The number of nitrogens with zero attached hydrogens (tertiary/aromatic N) is 2. The SMILES string of the molecule is Cc1ccccc1[C@H]1[C@@H]2CN(C(=O)c3cccc(OC(F)F)c3)C[C@@H]2CN1C.Cl. The van der Waals surface area contributed by atoms with Crippen LogP contribution in [-0.2, 0) is 0 Å². The molecule has 3 atom stereocenters. The van der Waals surface area contributed by atoms with Crippen molar-refractivity contribution in [3.05, 3.63) is 65.2 Å². The molecule has 0 aromatic heterocycles. The largest absolute Gasteiger partial charge is 0.435 e. The third-order valence-electron chi connectivity index (χ3n) is 5.99. The van der Waals surface area contributed by atoms with Crippen molar-refractivity contribution in [3.63, 3.8) is 0 Å². The molecule has 0 bridgehead atoms. The molecule has 7 heteroatoms. The van der Waals surface area contributed by atoms with Crippen molar-refractivity contribution < 1.29 is 18.3 Å². The highest BCUT2D eigenvalue weighted by Crippen LogP contribution is 2.45. The summed E-state index contributed by atoms with van der Waals surface area (Å²) in [5.74, 6) is 0.674. The summed E-state index contributed by atoms with van der Waals surface area (Å²) < 4.78 is 29.4. The first kappa shape index (κ1) is 21.5. The second-order valence-corrected chi connectivity index (χ2v) is 7.78. The normalized spacial score (nSPS) is 23.8. The lowest BCUT2D eigenvalue weighted by atomic mass is 9.88. The molecule has 29 heavy (non-hydrogen) atoms. The minimum atomic E-state index is -2.90. The summed E-state index contributed by atoms with van der Waals surface area (Å²) in [6.45, 7) is 1.54. The van der Waals surface area contributed by atoms with Gasteiger partial charge >= 0.3 is 6.61 Å². The number of carbonyl (C=O) groups excluding carboxylic acids is 1. The third-order valence-corrected chi connectivity index (χ3v) is 5.99. The van der Waals surface area contributed by atoms with E-state index in [4.69, 9.17) is 0 Å². The first-order valence-corrected chi connectivity index (χ1v) is 9.54.